The van der Waals surface area contributed by atoms with Gasteiger partial charge in [0.15, 0.2) is 0 Å². The second-order valence-corrected chi connectivity index (χ2v) is 26.8. The van der Waals surface area contributed by atoms with Gasteiger partial charge in [0, 0.05) is 12.8 Å². The van der Waals surface area contributed by atoms with Crippen molar-refractivity contribution in [3.63, 3.8) is 0 Å². The van der Waals surface area contributed by atoms with Crippen molar-refractivity contribution in [1.82, 2.24) is 5.32 Å². The largest absolute Gasteiger partial charge is 0.756 e. The van der Waals surface area contributed by atoms with E-state index in [0.29, 0.717) is 23.9 Å². The number of carbonyl (C=O) groups is 2. The Bertz CT molecular complexity index is 1730. The highest BCUT2D eigenvalue weighted by atomic mass is 31.2. The Morgan fingerprint density at radius 1 is 0.424 bits per heavy atom. The maximum Gasteiger partial charge on any atom is 0.306 e. The molecule has 0 aliphatic carbocycles. The number of phosphoric ester groups is 1. The Morgan fingerprint density at radius 2 is 0.753 bits per heavy atom. The van der Waals surface area contributed by atoms with Crippen molar-refractivity contribution in [2.24, 2.45) is 0 Å². The van der Waals surface area contributed by atoms with Crippen molar-refractivity contribution >= 4 is 19.7 Å². The zero-order valence-corrected chi connectivity index (χ0v) is 57.4. The van der Waals surface area contributed by atoms with E-state index >= 15 is 0 Å². The molecule has 0 heterocycles. The molecule has 1 amide bonds. The lowest BCUT2D eigenvalue weighted by Gasteiger charge is -2.30. The van der Waals surface area contributed by atoms with Crippen molar-refractivity contribution in [2.45, 2.75) is 341 Å². The number of carbonyl (C=O) groups excluding carboxylic acids is 2. The molecule has 0 aromatic rings. The number of likely N-dealkylation sites (N-methyl/N-ethyl adjacent to an activating group) is 1. The molecule has 0 rings (SSSR count). The van der Waals surface area contributed by atoms with Crippen LogP contribution in [-0.2, 0) is 27.9 Å². The van der Waals surface area contributed by atoms with Crippen LogP contribution in [-0.4, -0.2) is 69.4 Å². The summed E-state index contributed by atoms with van der Waals surface area (Å²) in [6.45, 7) is 6.74. The van der Waals surface area contributed by atoms with Crippen molar-refractivity contribution in [2.75, 3.05) is 40.9 Å². The van der Waals surface area contributed by atoms with E-state index < -0.39 is 26.6 Å². The summed E-state index contributed by atoms with van der Waals surface area (Å²) in [7, 11) is 1.16. The van der Waals surface area contributed by atoms with Gasteiger partial charge in [-0.3, -0.25) is 14.2 Å². The van der Waals surface area contributed by atoms with Gasteiger partial charge in [-0.15, -0.1) is 0 Å². The van der Waals surface area contributed by atoms with Crippen LogP contribution in [0.1, 0.15) is 329 Å². The number of unbranched alkanes of at least 4 members (excludes halogenated alkanes) is 37. The van der Waals surface area contributed by atoms with E-state index in [9.17, 15) is 19.0 Å². The quantitative estimate of drug-likeness (QED) is 0.0212. The summed E-state index contributed by atoms with van der Waals surface area (Å²) >= 11 is 0. The predicted molar refractivity (Wildman–Crippen MR) is 367 cm³/mol. The van der Waals surface area contributed by atoms with E-state index in [2.05, 4.69) is 99.0 Å². The topological polar surface area (TPSA) is 114 Å². The average Bonchev–Trinajstić information content (AvgIpc) is 3.48. The van der Waals surface area contributed by atoms with Gasteiger partial charge in [0.05, 0.1) is 33.8 Å². The van der Waals surface area contributed by atoms with Crippen molar-refractivity contribution < 1.29 is 37.3 Å². The molecular weight excluding hydrogens is 1070 g/mol. The molecule has 0 saturated heterocycles. The van der Waals surface area contributed by atoms with Gasteiger partial charge in [-0.05, 0) is 83.1 Å². The first-order valence-corrected chi connectivity index (χ1v) is 37.4. The second-order valence-electron chi connectivity index (χ2n) is 25.4. The lowest BCUT2D eigenvalue weighted by molar-refractivity contribution is -0.870. The maximum absolute atomic E-state index is 13.6. The summed E-state index contributed by atoms with van der Waals surface area (Å²) in [6.07, 6.45) is 85.7. The molecule has 3 atom stereocenters. The van der Waals surface area contributed by atoms with Crippen LogP contribution in [0.4, 0.5) is 0 Å². The number of phosphoric acid groups is 1. The summed E-state index contributed by atoms with van der Waals surface area (Å²) in [5, 5.41) is 3.04. The zero-order valence-electron chi connectivity index (χ0n) is 56.6. The third-order valence-electron chi connectivity index (χ3n) is 15.8. The minimum atomic E-state index is -4.72. The minimum absolute atomic E-state index is 0.0310. The van der Waals surface area contributed by atoms with Gasteiger partial charge in [-0.25, -0.2) is 0 Å². The van der Waals surface area contributed by atoms with Gasteiger partial charge >= 0.3 is 5.97 Å². The molecule has 10 heteroatoms. The first kappa shape index (κ1) is 82.2. The van der Waals surface area contributed by atoms with E-state index in [4.69, 9.17) is 13.8 Å². The molecular formula is C75H137N2O7P. The number of ether oxygens (including phenoxy) is 1. The summed E-state index contributed by atoms with van der Waals surface area (Å²) < 4.78 is 30.4. The van der Waals surface area contributed by atoms with Crippen LogP contribution in [0.25, 0.3) is 0 Å². The van der Waals surface area contributed by atoms with Gasteiger partial charge in [0.25, 0.3) is 7.82 Å². The highest BCUT2D eigenvalue weighted by Crippen LogP contribution is 2.38. The normalized spacial score (nSPS) is 14.0. The van der Waals surface area contributed by atoms with E-state index in [1.165, 1.54) is 199 Å². The average molecular weight is 1210 g/mol. The van der Waals surface area contributed by atoms with Gasteiger partial charge in [0.1, 0.15) is 19.3 Å². The number of amides is 1. The van der Waals surface area contributed by atoms with Gasteiger partial charge in [-0.2, -0.15) is 0 Å². The van der Waals surface area contributed by atoms with Crippen molar-refractivity contribution in [3.05, 3.63) is 85.1 Å². The van der Waals surface area contributed by atoms with Gasteiger partial charge < -0.3 is 28.5 Å². The predicted octanol–water partition coefficient (Wildman–Crippen LogP) is 22.3. The van der Waals surface area contributed by atoms with Gasteiger partial charge in [-0.1, -0.05) is 318 Å². The third-order valence-corrected chi connectivity index (χ3v) is 16.8. The van der Waals surface area contributed by atoms with Crippen LogP contribution < -0.4 is 10.2 Å². The molecule has 0 spiro atoms. The molecule has 0 fully saturated rings. The molecule has 0 aromatic carbocycles. The van der Waals surface area contributed by atoms with Crippen LogP contribution >= 0.6 is 7.82 Å². The van der Waals surface area contributed by atoms with Crippen LogP contribution in [0, 0.1) is 0 Å². The van der Waals surface area contributed by atoms with E-state index in [0.717, 1.165) is 89.9 Å². The number of rotatable bonds is 65. The maximum atomic E-state index is 13.6. The number of nitrogens with one attached hydrogen (secondary N) is 1. The highest BCUT2D eigenvalue weighted by molar-refractivity contribution is 7.45. The molecule has 0 bridgehead atoms. The zero-order chi connectivity index (χ0) is 62.1. The minimum Gasteiger partial charge on any atom is -0.756 e. The Balaban J connectivity index is 5.14. The van der Waals surface area contributed by atoms with E-state index in [-0.39, 0.29) is 24.9 Å². The number of quaternary nitrogens is 1. The molecule has 85 heavy (non-hydrogen) atoms. The van der Waals surface area contributed by atoms with Crippen molar-refractivity contribution in [3.8, 4) is 0 Å². The Hall–Kier alpha value is -2.81. The van der Waals surface area contributed by atoms with E-state index in [1.54, 1.807) is 0 Å². The Labute approximate surface area is 526 Å². The molecule has 494 valence electrons. The lowest BCUT2D eigenvalue weighted by Crippen LogP contribution is -2.47. The Kier molecular flexibility index (Phi) is 62.1. The third kappa shape index (κ3) is 65.5. The molecule has 0 aromatic heterocycles. The lowest BCUT2D eigenvalue weighted by atomic mass is 10.0. The summed E-state index contributed by atoms with van der Waals surface area (Å²) in [4.78, 5) is 40.2. The van der Waals surface area contributed by atoms with Crippen LogP contribution in [0.5, 0.6) is 0 Å². The number of esters is 1. The fraction of sp³-hybridized carbons (Fsp3) is 0.787. The first-order chi connectivity index (χ1) is 41.4. The highest BCUT2D eigenvalue weighted by Gasteiger charge is 2.27. The van der Waals surface area contributed by atoms with Crippen LogP contribution in [0.3, 0.4) is 0 Å². The first-order valence-electron chi connectivity index (χ1n) is 35.9. The molecule has 0 aliphatic rings. The van der Waals surface area contributed by atoms with Crippen molar-refractivity contribution in [1.29, 1.82) is 0 Å². The molecule has 0 aliphatic heterocycles. The van der Waals surface area contributed by atoms with E-state index in [1.807, 2.05) is 33.3 Å². The molecule has 0 radical (unpaired) electrons. The smallest absolute Gasteiger partial charge is 0.306 e. The number of hydrogen-bond acceptors (Lipinski definition) is 7. The molecule has 0 saturated carbocycles. The molecule has 3 unspecified atom stereocenters. The molecule has 1 N–H and O–H groups in total. The SMILES string of the molecule is CC/C=C\C/C=C\C/C=C\C/C=C\C/C=C\C/C=C\CCCCC(=O)OC(/C=C/CCCCCCCCCCCCC)C(COP(=O)([O-])OCC[N+](C)(C)C)NC(=O)CCCCCCCCCCCCCCCCCCCCCCCCCCC. The number of nitrogens with zero attached hydrogens (tertiary/aromatic N) is 1. The summed E-state index contributed by atoms with van der Waals surface area (Å²) in [5.74, 6) is -0.582. The standard InChI is InChI=1S/C75H137N2O7P/c1-7-10-13-16-19-22-25-28-30-32-34-36-37-38-39-41-42-44-46-49-52-55-58-61-64-67-74(78)76-72(71-83-85(80,81)82-70-69-77(4,5)6)73(66-63-60-57-54-51-48-27-24-21-18-15-12-9-3)84-75(79)68-65-62-59-56-53-50-47-45-43-40-35-33-31-29-26-23-20-17-14-11-8-2/h11,14,20,23,29,31,35,40,45,47,53,56,63,66,72-73H,7-10,12-13,15-19,21-22,24-28,30,32-34,36-39,41-44,46,48-52,54-55,57-62,64-65,67-71H2,1-6H3,(H-,76,78,80,81)/b14-11-,23-20-,31-29-,40-35-,47-45-,56-53-,66-63+. The number of hydrogen-bond donors (Lipinski definition) is 1. The summed E-state index contributed by atoms with van der Waals surface area (Å²) in [6, 6.07) is -0.910. The van der Waals surface area contributed by atoms with Gasteiger partial charge in [0.2, 0.25) is 5.91 Å². The number of allylic oxidation sites excluding steroid dienone is 13. The Morgan fingerprint density at radius 3 is 1.14 bits per heavy atom. The molecule has 9 nitrogen and oxygen atoms in total. The van der Waals surface area contributed by atoms with Crippen LogP contribution in [0.2, 0.25) is 0 Å². The second kappa shape index (κ2) is 64.2. The fourth-order valence-electron chi connectivity index (χ4n) is 10.4. The summed E-state index contributed by atoms with van der Waals surface area (Å²) in [5.41, 5.74) is 0. The fourth-order valence-corrected chi connectivity index (χ4v) is 11.1. The monoisotopic (exact) mass is 1210 g/mol. The van der Waals surface area contributed by atoms with Crippen LogP contribution in [0.15, 0.2) is 85.1 Å².